The monoisotopic (exact) mass is 417 g/mol. The summed E-state index contributed by atoms with van der Waals surface area (Å²) in [6.07, 6.45) is 8.69. The van der Waals surface area contributed by atoms with Crippen LogP contribution >= 0.6 is 0 Å². The van der Waals surface area contributed by atoms with Crippen LogP contribution in [0.5, 0.6) is 0 Å². The minimum absolute atomic E-state index is 0.0143. The summed E-state index contributed by atoms with van der Waals surface area (Å²) in [5, 5.41) is 11.0. The van der Waals surface area contributed by atoms with Crippen molar-refractivity contribution in [2.24, 2.45) is 17.3 Å². The van der Waals surface area contributed by atoms with E-state index in [1.807, 2.05) is 6.08 Å². The molecule has 0 radical (unpaired) electrons. The number of likely N-dealkylation sites (tertiary alicyclic amines) is 1. The van der Waals surface area contributed by atoms with Gasteiger partial charge in [-0.05, 0) is 91.2 Å². The van der Waals surface area contributed by atoms with E-state index < -0.39 is 0 Å². The highest BCUT2D eigenvalue weighted by Gasteiger charge is 2.56. The number of carbonyl (C=O) groups is 1. The molecule has 3 fully saturated rings. The second-order valence-corrected chi connectivity index (χ2v) is 11.3. The lowest BCUT2D eigenvalue weighted by atomic mass is 9.53. The van der Waals surface area contributed by atoms with Gasteiger partial charge in [-0.25, -0.2) is 0 Å². The van der Waals surface area contributed by atoms with E-state index in [0.29, 0.717) is 35.9 Å². The Morgan fingerprint density at radius 3 is 2.48 bits per heavy atom. The van der Waals surface area contributed by atoms with Crippen LogP contribution in [0.1, 0.15) is 74.8 Å². The minimum atomic E-state index is -0.179. The van der Waals surface area contributed by atoms with Gasteiger partial charge < -0.3 is 10.0 Å². The number of nitrogens with zero attached hydrogens (tertiary/aromatic N) is 1. The maximum Gasteiger partial charge on any atom is 0.156 e. The van der Waals surface area contributed by atoms with Crippen molar-refractivity contribution in [2.75, 3.05) is 20.1 Å². The first-order valence-corrected chi connectivity index (χ1v) is 12.4. The van der Waals surface area contributed by atoms with Gasteiger partial charge in [0.25, 0.3) is 0 Å². The van der Waals surface area contributed by atoms with E-state index in [9.17, 15) is 9.90 Å². The highest BCUT2D eigenvalue weighted by molar-refractivity contribution is 5.93. The number of ketones is 1. The van der Waals surface area contributed by atoms with Crippen molar-refractivity contribution in [3.63, 3.8) is 0 Å². The predicted molar refractivity (Wildman–Crippen MR) is 123 cm³/mol. The number of fused-ring (bicyclic) bond motifs is 4. The number of aliphatic hydroxyl groups excluding tert-OH is 1. The first kappa shape index (κ1) is 19.9. The van der Waals surface area contributed by atoms with Crippen LogP contribution in [-0.4, -0.2) is 42.0 Å². The van der Waals surface area contributed by atoms with Crippen molar-refractivity contribution < 1.29 is 9.90 Å². The fourth-order valence-electron chi connectivity index (χ4n) is 7.84. The lowest BCUT2D eigenvalue weighted by Gasteiger charge is -2.52. The Labute approximate surface area is 186 Å². The molecule has 1 N–H and O–H groups in total. The molecule has 1 heterocycles. The predicted octanol–water partition coefficient (Wildman–Crippen LogP) is 4.98. The van der Waals surface area contributed by atoms with Crippen molar-refractivity contribution in [1.29, 1.82) is 0 Å². The Kier molecular flexibility index (Phi) is 4.60. The standard InChI is InChI=1S/C28H35NO2/c1-28-14-24(18-5-3-17(4-6-18)20-15-29(2)16-20)27-22-10-8-21(30)13-19(22)7-9-23(27)25(28)11-12-26(28)31/h3-6,13,20,23-26,31H,7-12,14-16H2,1-2H3. The van der Waals surface area contributed by atoms with Crippen molar-refractivity contribution >= 4 is 5.78 Å². The van der Waals surface area contributed by atoms with Crippen LogP contribution in [0.2, 0.25) is 0 Å². The fourth-order valence-corrected chi connectivity index (χ4v) is 7.84. The lowest BCUT2D eigenvalue weighted by Crippen LogP contribution is -2.45. The van der Waals surface area contributed by atoms with Crippen LogP contribution in [0.4, 0.5) is 0 Å². The lowest BCUT2D eigenvalue weighted by molar-refractivity contribution is -0.114. The summed E-state index contributed by atoms with van der Waals surface area (Å²) in [4.78, 5) is 14.5. The smallest absolute Gasteiger partial charge is 0.156 e. The van der Waals surface area contributed by atoms with Crippen molar-refractivity contribution in [3.8, 4) is 0 Å². The number of benzene rings is 1. The molecule has 4 aliphatic carbocycles. The molecular weight excluding hydrogens is 382 g/mol. The van der Waals surface area contributed by atoms with Crippen molar-refractivity contribution in [2.45, 2.75) is 69.8 Å². The number of hydrogen-bond acceptors (Lipinski definition) is 3. The zero-order chi connectivity index (χ0) is 21.3. The molecule has 5 atom stereocenters. The van der Waals surface area contributed by atoms with Crippen molar-refractivity contribution in [3.05, 3.63) is 58.2 Å². The molecule has 1 aromatic carbocycles. The summed E-state index contributed by atoms with van der Waals surface area (Å²) in [5.41, 5.74) is 7.36. The summed E-state index contributed by atoms with van der Waals surface area (Å²) in [7, 11) is 2.19. The average molecular weight is 418 g/mol. The van der Waals surface area contributed by atoms with E-state index in [-0.39, 0.29) is 11.5 Å². The number of allylic oxidation sites excluding steroid dienone is 4. The van der Waals surface area contributed by atoms with Crippen molar-refractivity contribution in [1.82, 2.24) is 4.90 Å². The maximum absolute atomic E-state index is 12.1. The molecule has 5 unspecified atom stereocenters. The van der Waals surface area contributed by atoms with Crippen LogP contribution in [0.25, 0.3) is 0 Å². The summed E-state index contributed by atoms with van der Waals surface area (Å²) in [5.74, 6) is 2.52. The number of rotatable bonds is 2. The van der Waals surface area contributed by atoms with Gasteiger partial charge >= 0.3 is 0 Å². The summed E-state index contributed by atoms with van der Waals surface area (Å²) in [6.45, 7) is 4.68. The molecule has 3 nitrogen and oxygen atoms in total. The SMILES string of the molecule is CN1CC(c2ccc(C3CC4(C)C(O)CCC4C4CCC5=CC(=O)CCC5=C34)cc2)C1. The Balaban J connectivity index is 1.42. The molecular formula is C28H35NO2. The van der Waals surface area contributed by atoms with Gasteiger partial charge in [0.15, 0.2) is 5.78 Å². The number of aliphatic hydroxyl groups is 1. The van der Waals surface area contributed by atoms with E-state index in [4.69, 9.17) is 0 Å². The third-order valence-corrected chi connectivity index (χ3v) is 9.56. The van der Waals surface area contributed by atoms with E-state index in [0.717, 1.165) is 51.6 Å². The maximum atomic E-state index is 12.1. The first-order valence-electron chi connectivity index (χ1n) is 12.4. The third kappa shape index (κ3) is 3.03. The zero-order valence-corrected chi connectivity index (χ0v) is 18.9. The molecule has 6 rings (SSSR count). The van der Waals surface area contributed by atoms with Crippen LogP contribution < -0.4 is 0 Å². The quantitative estimate of drug-likeness (QED) is 0.738. The largest absolute Gasteiger partial charge is 0.393 e. The van der Waals surface area contributed by atoms with Gasteiger partial charge in [0.05, 0.1) is 6.10 Å². The highest BCUT2D eigenvalue weighted by Crippen LogP contribution is 2.63. The number of carbonyl (C=O) groups excluding carboxylic acids is 1. The summed E-state index contributed by atoms with van der Waals surface area (Å²) in [6, 6.07) is 9.47. The summed E-state index contributed by atoms with van der Waals surface area (Å²) < 4.78 is 0. The van der Waals surface area contributed by atoms with Gasteiger partial charge in [0.1, 0.15) is 0 Å². The molecule has 0 bridgehead atoms. The van der Waals surface area contributed by atoms with E-state index >= 15 is 0 Å². The molecule has 0 aromatic heterocycles. The van der Waals surface area contributed by atoms with E-state index in [1.54, 1.807) is 5.57 Å². The van der Waals surface area contributed by atoms with E-state index in [2.05, 4.69) is 43.1 Å². The highest BCUT2D eigenvalue weighted by atomic mass is 16.3. The molecule has 31 heavy (non-hydrogen) atoms. The molecule has 2 saturated carbocycles. The molecule has 164 valence electrons. The first-order chi connectivity index (χ1) is 14.9. The van der Waals surface area contributed by atoms with Crippen LogP contribution in [-0.2, 0) is 4.79 Å². The van der Waals surface area contributed by atoms with Crippen LogP contribution in [0.3, 0.4) is 0 Å². The number of likely N-dealkylation sites (N-methyl/N-ethyl adjacent to an activating group) is 1. The normalized spacial score (nSPS) is 38.3. The molecule has 0 spiro atoms. The van der Waals surface area contributed by atoms with Crippen LogP contribution in [0.15, 0.2) is 47.1 Å². The van der Waals surface area contributed by atoms with Gasteiger partial charge in [-0.2, -0.15) is 0 Å². The molecule has 3 heteroatoms. The van der Waals surface area contributed by atoms with Gasteiger partial charge in [0, 0.05) is 31.3 Å². The summed E-state index contributed by atoms with van der Waals surface area (Å²) >= 11 is 0. The Bertz CT molecular complexity index is 967. The second kappa shape index (κ2) is 7.15. The molecule has 0 amide bonds. The number of hydrogen-bond donors (Lipinski definition) is 1. The average Bonchev–Trinajstić information content (AvgIpc) is 3.05. The minimum Gasteiger partial charge on any atom is -0.393 e. The molecule has 5 aliphatic rings. The Morgan fingerprint density at radius 2 is 1.74 bits per heavy atom. The van der Waals surface area contributed by atoms with Gasteiger partial charge in [0.2, 0.25) is 0 Å². The Morgan fingerprint density at radius 1 is 1.00 bits per heavy atom. The molecule has 1 aliphatic heterocycles. The Hall–Kier alpha value is -1.71. The van der Waals surface area contributed by atoms with Gasteiger partial charge in [-0.15, -0.1) is 0 Å². The van der Waals surface area contributed by atoms with Gasteiger partial charge in [-0.3, -0.25) is 4.79 Å². The zero-order valence-electron chi connectivity index (χ0n) is 18.9. The molecule has 1 saturated heterocycles. The third-order valence-electron chi connectivity index (χ3n) is 9.56. The molecule has 1 aromatic rings. The topological polar surface area (TPSA) is 40.5 Å². The fraction of sp³-hybridized carbons (Fsp3) is 0.607. The van der Waals surface area contributed by atoms with Crippen LogP contribution in [0, 0.1) is 17.3 Å². The van der Waals surface area contributed by atoms with Gasteiger partial charge in [-0.1, -0.05) is 36.8 Å². The van der Waals surface area contributed by atoms with E-state index in [1.165, 1.54) is 22.3 Å². The second-order valence-electron chi connectivity index (χ2n) is 11.3.